The molecule has 0 amide bonds. The average molecular weight is 259 g/mol. The van der Waals surface area contributed by atoms with Crippen molar-refractivity contribution in [3.8, 4) is 5.75 Å². The van der Waals surface area contributed by atoms with Crippen LogP contribution in [0.5, 0.6) is 5.75 Å². The Balaban J connectivity index is 2.58. The van der Waals surface area contributed by atoms with Gasteiger partial charge < -0.3 is 20.1 Å². The Morgan fingerprint density at radius 2 is 2.18 bits per heavy atom. The van der Waals surface area contributed by atoms with E-state index in [1.165, 1.54) is 0 Å². The molecule has 1 atom stereocenters. The molecule has 0 saturated carbocycles. The van der Waals surface area contributed by atoms with E-state index in [0.29, 0.717) is 23.9 Å². The van der Waals surface area contributed by atoms with Gasteiger partial charge >= 0.3 is 0 Å². The van der Waals surface area contributed by atoms with Crippen LogP contribution in [0.4, 0.5) is 5.69 Å². The van der Waals surface area contributed by atoms with Gasteiger partial charge in [0.25, 0.3) is 0 Å². The highest BCUT2D eigenvalue weighted by Gasteiger charge is 2.08. The number of aliphatic hydroxyl groups is 1. The second-order valence-corrected chi connectivity index (χ2v) is 4.58. The first kappa shape index (κ1) is 14.1. The number of rotatable bonds is 6. The Kier molecular flexibility index (Phi) is 5.55. The van der Waals surface area contributed by atoms with Gasteiger partial charge in [0.2, 0.25) is 0 Å². The summed E-state index contributed by atoms with van der Waals surface area (Å²) in [5, 5.41) is 13.5. The fourth-order valence-electron chi connectivity index (χ4n) is 1.53. The van der Waals surface area contributed by atoms with Crippen molar-refractivity contribution in [3.63, 3.8) is 0 Å². The molecule has 4 nitrogen and oxygen atoms in total. The molecule has 1 rings (SSSR count). The average Bonchev–Trinajstić information content (AvgIpc) is 2.25. The van der Waals surface area contributed by atoms with Crippen LogP contribution in [0.1, 0.15) is 0 Å². The molecule has 0 radical (unpaired) electrons. The summed E-state index contributed by atoms with van der Waals surface area (Å²) in [6.45, 7) is 1.06. The molecule has 17 heavy (non-hydrogen) atoms. The monoisotopic (exact) mass is 258 g/mol. The zero-order valence-corrected chi connectivity index (χ0v) is 11.2. The van der Waals surface area contributed by atoms with E-state index in [9.17, 15) is 5.11 Å². The van der Waals surface area contributed by atoms with E-state index in [1.54, 1.807) is 25.3 Å². The number of ether oxygens (including phenoxy) is 1. The van der Waals surface area contributed by atoms with E-state index < -0.39 is 6.10 Å². The zero-order valence-electron chi connectivity index (χ0n) is 10.4. The Bertz CT molecular complexity index is 358. The number of anilines is 1. The predicted octanol–water partition coefficient (Wildman–Crippen LogP) is 1.68. The predicted molar refractivity (Wildman–Crippen MR) is 71.1 cm³/mol. The first-order valence-electron chi connectivity index (χ1n) is 5.43. The Morgan fingerprint density at radius 3 is 2.76 bits per heavy atom. The van der Waals surface area contributed by atoms with Gasteiger partial charge in [0.15, 0.2) is 0 Å². The SMILES string of the molecule is COc1ccc(Cl)cc1NCC(O)CN(C)C. The molecule has 0 aromatic heterocycles. The van der Waals surface area contributed by atoms with Crippen molar-refractivity contribution >= 4 is 17.3 Å². The topological polar surface area (TPSA) is 44.7 Å². The van der Waals surface area contributed by atoms with Gasteiger partial charge in [-0.2, -0.15) is 0 Å². The number of nitrogens with zero attached hydrogens (tertiary/aromatic N) is 1. The maximum absolute atomic E-state index is 9.74. The number of likely N-dealkylation sites (N-methyl/N-ethyl adjacent to an activating group) is 1. The number of nitrogens with one attached hydrogen (secondary N) is 1. The van der Waals surface area contributed by atoms with Crippen LogP contribution in [0.3, 0.4) is 0 Å². The molecule has 0 aliphatic heterocycles. The molecule has 5 heteroatoms. The largest absolute Gasteiger partial charge is 0.495 e. The minimum absolute atomic E-state index is 0.436. The van der Waals surface area contributed by atoms with Gasteiger partial charge in [-0.1, -0.05) is 11.6 Å². The Hall–Kier alpha value is -0.970. The first-order chi connectivity index (χ1) is 8.02. The lowest BCUT2D eigenvalue weighted by Crippen LogP contribution is -2.31. The van der Waals surface area contributed by atoms with Crippen LogP contribution in [0.2, 0.25) is 5.02 Å². The molecule has 0 bridgehead atoms. The van der Waals surface area contributed by atoms with Gasteiger partial charge in [-0.15, -0.1) is 0 Å². The lowest BCUT2D eigenvalue weighted by atomic mass is 10.2. The van der Waals surface area contributed by atoms with Crippen LogP contribution in [-0.2, 0) is 0 Å². The third-order valence-electron chi connectivity index (χ3n) is 2.27. The van der Waals surface area contributed by atoms with Crippen LogP contribution in [0.15, 0.2) is 18.2 Å². The number of benzene rings is 1. The van der Waals surface area contributed by atoms with Gasteiger partial charge in [0.1, 0.15) is 5.75 Å². The van der Waals surface area contributed by atoms with E-state index in [0.717, 1.165) is 5.69 Å². The van der Waals surface area contributed by atoms with E-state index >= 15 is 0 Å². The highest BCUT2D eigenvalue weighted by molar-refractivity contribution is 6.30. The van der Waals surface area contributed by atoms with Gasteiger partial charge in [-0.25, -0.2) is 0 Å². The van der Waals surface area contributed by atoms with E-state index in [4.69, 9.17) is 16.3 Å². The van der Waals surface area contributed by atoms with Crippen molar-refractivity contribution < 1.29 is 9.84 Å². The maximum atomic E-state index is 9.74. The number of hydrogen-bond donors (Lipinski definition) is 2. The smallest absolute Gasteiger partial charge is 0.142 e. The standard InChI is InChI=1S/C12H19ClN2O2/c1-15(2)8-10(16)7-14-11-6-9(13)4-5-12(11)17-3/h4-6,10,14,16H,7-8H2,1-3H3. The van der Waals surface area contributed by atoms with Crippen LogP contribution >= 0.6 is 11.6 Å². The Morgan fingerprint density at radius 1 is 1.47 bits per heavy atom. The molecule has 1 unspecified atom stereocenters. The molecule has 2 N–H and O–H groups in total. The molecule has 96 valence electrons. The summed E-state index contributed by atoms with van der Waals surface area (Å²) in [4.78, 5) is 1.93. The van der Waals surface area contributed by atoms with Crippen molar-refractivity contribution in [2.45, 2.75) is 6.10 Å². The van der Waals surface area contributed by atoms with Crippen molar-refractivity contribution in [3.05, 3.63) is 23.2 Å². The third-order valence-corrected chi connectivity index (χ3v) is 2.50. The van der Waals surface area contributed by atoms with Gasteiger partial charge in [0, 0.05) is 18.1 Å². The van der Waals surface area contributed by atoms with Gasteiger partial charge in [0.05, 0.1) is 18.9 Å². The summed E-state index contributed by atoms with van der Waals surface area (Å²) >= 11 is 5.91. The highest BCUT2D eigenvalue weighted by Crippen LogP contribution is 2.27. The van der Waals surface area contributed by atoms with Crippen molar-refractivity contribution in [1.82, 2.24) is 4.90 Å². The van der Waals surface area contributed by atoms with E-state index in [-0.39, 0.29) is 0 Å². The van der Waals surface area contributed by atoms with Crippen molar-refractivity contribution in [2.75, 3.05) is 39.6 Å². The van der Waals surface area contributed by atoms with Crippen LogP contribution < -0.4 is 10.1 Å². The minimum atomic E-state index is -0.436. The summed E-state index contributed by atoms with van der Waals surface area (Å²) in [6.07, 6.45) is -0.436. The van der Waals surface area contributed by atoms with E-state index in [1.807, 2.05) is 19.0 Å². The zero-order chi connectivity index (χ0) is 12.8. The maximum Gasteiger partial charge on any atom is 0.142 e. The quantitative estimate of drug-likeness (QED) is 0.815. The van der Waals surface area contributed by atoms with Crippen LogP contribution in [0, 0.1) is 0 Å². The summed E-state index contributed by atoms with van der Waals surface area (Å²) in [5.74, 6) is 0.714. The van der Waals surface area contributed by atoms with Gasteiger partial charge in [-0.3, -0.25) is 0 Å². The number of methoxy groups -OCH3 is 1. The lowest BCUT2D eigenvalue weighted by molar-refractivity contribution is 0.148. The summed E-state index contributed by atoms with van der Waals surface area (Å²) in [6, 6.07) is 5.34. The van der Waals surface area contributed by atoms with Crippen molar-refractivity contribution in [2.24, 2.45) is 0 Å². The molecule has 0 aliphatic carbocycles. The molecular weight excluding hydrogens is 240 g/mol. The minimum Gasteiger partial charge on any atom is -0.495 e. The Labute approximate surface area is 107 Å². The number of hydrogen-bond acceptors (Lipinski definition) is 4. The molecule has 0 spiro atoms. The lowest BCUT2D eigenvalue weighted by Gasteiger charge is -2.18. The van der Waals surface area contributed by atoms with Crippen molar-refractivity contribution in [1.29, 1.82) is 0 Å². The number of halogens is 1. The van der Waals surface area contributed by atoms with Crippen LogP contribution in [-0.4, -0.2) is 50.4 Å². The second-order valence-electron chi connectivity index (χ2n) is 4.14. The van der Waals surface area contributed by atoms with Gasteiger partial charge in [-0.05, 0) is 32.3 Å². The van der Waals surface area contributed by atoms with Crippen LogP contribution in [0.25, 0.3) is 0 Å². The normalized spacial score (nSPS) is 12.6. The fraction of sp³-hybridized carbons (Fsp3) is 0.500. The summed E-state index contributed by atoms with van der Waals surface area (Å²) < 4.78 is 5.20. The molecule has 0 heterocycles. The van der Waals surface area contributed by atoms with E-state index in [2.05, 4.69) is 5.32 Å². The molecule has 1 aromatic carbocycles. The first-order valence-corrected chi connectivity index (χ1v) is 5.81. The molecule has 0 aliphatic rings. The summed E-state index contributed by atoms with van der Waals surface area (Å²) in [7, 11) is 5.44. The molecule has 1 aromatic rings. The molecule has 0 saturated heterocycles. The molecular formula is C12H19ClN2O2. The fourth-order valence-corrected chi connectivity index (χ4v) is 1.70. The summed E-state index contributed by atoms with van der Waals surface area (Å²) in [5.41, 5.74) is 0.790. The second kappa shape index (κ2) is 6.69. The molecule has 0 fully saturated rings. The third kappa shape index (κ3) is 4.81. The number of aliphatic hydroxyl groups excluding tert-OH is 1. The highest BCUT2D eigenvalue weighted by atomic mass is 35.5.